The van der Waals surface area contributed by atoms with E-state index in [1.54, 1.807) is 6.92 Å². The summed E-state index contributed by atoms with van der Waals surface area (Å²) in [5, 5.41) is 2.23. The monoisotopic (exact) mass is 388 g/mol. The average Bonchev–Trinajstić information content (AvgIpc) is 2.56. The van der Waals surface area contributed by atoms with E-state index in [-0.39, 0.29) is 22.9 Å². The third-order valence-electron chi connectivity index (χ3n) is 3.18. The molecule has 10 heteroatoms. The fourth-order valence-corrected chi connectivity index (χ4v) is 3.14. The molecule has 0 fully saturated rings. The second-order valence-electron chi connectivity index (χ2n) is 4.97. The third-order valence-corrected chi connectivity index (χ3v) is 4.72. The maximum atomic E-state index is 14.0. The van der Waals surface area contributed by atoms with Crippen LogP contribution in [0.15, 0.2) is 47.4 Å². The zero-order valence-electron chi connectivity index (χ0n) is 13.5. The number of rotatable bonds is 7. The van der Waals surface area contributed by atoms with Gasteiger partial charge in [0.2, 0.25) is 10.0 Å². The number of nitrogens with one attached hydrogen (secondary N) is 2. The molecule has 0 unspecified atom stereocenters. The molecule has 140 valence electrons. The highest BCUT2D eigenvalue weighted by atomic mass is 32.2. The topological polar surface area (TPSA) is 84.5 Å². The molecule has 0 saturated carbocycles. The minimum absolute atomic E-state index is 0.111. The summed E-state index contributed by atoms with van der Waals surface area (Å²) < 4.78 is 69.3. The molecule has 0 aliphatic carbocycles. The van der Waals surface area contributed by atoms with Crippen molar-refractivity contribution in [2.45, 2.75) is 18.4 Å². The van der Waals surface area contributed by atoms with Crippen LogP contribution in [0.3, 0.4) is 0 Å². The number of sulfonamides is 1. The molecule has 0 heterocycles. The van der Waals surface area contributed by atoms with Gasteiger partial charge in [-0.3, -0.25) is 4.79 Å². The molecule has 0 aliphatic rings. The molecule has 6 nitrogen and oxygen atoms in total. The van der Waals surface area contributed by atoms with Crippen molar-refractivity contribution in [3.05, 3.63) is 53.8 Å². The number of para-hydroxylation sites is 2. The van der Waals surface area contributed by atoms with Crippen molar-refractivity contribution in [2.24, 2.45) is 0 Å². The SMILES string of the molecule is CCNS(=O)(=O)c1ccc(F)c(C(=O)Nc2ccccc2OC(F)F)c1. The first-order chi connectivity index (χ1) is 12.2. The van der Waals surface area contributed by atoms with E-state index in [0.717, 1.165) is 18.2 Å². The summed E-state index contributed by atoms with van der Waals surface area (Å²) in [5.74, 6) is -2.29. The molecule has 2 rings (SSSR count). The van der Waals surface area contributed by atoms with Gasteiger partial charge in [-0.25, -0.2) is 17.5 Å². The Kier molecular flexibility index (Phi) is 6.22. The maximum absolute atomic E-state index is 14.0. The average molecular weight is 388 g/mol. The Balaban J connectivity index is 2.34. The molecule has 0 radical (unpaired) electrons. The standard InChI is InChI=1S/C16H15F3N2O4S/c1-2-20-26(23,24)10-7-8-12(17)11(9-10)15(22)21-13-5-3-4-6-14(13)25-16(18)19/h3-9,16,20H,2H2,1H3,(H,21,22). The maximum Gasteiger partial charge on any atom is 0.387 e. The van der Waals surface area contributed by atoms with Crippen molar-refractivity contribution >= 4 is 21.6 Å². The predicted molar refractivity (Wildman–Crippen MR) is 88.3 cm³/mol. The minimum atomic E-state index is -3.90. The summed E-state index contributed by atoms with van der Waals surface area (Å²) in [6.45, 7) is -1.44. The van der Waals surface area contributed by atoms with Gasteiger partial charge >= 0.3 is 6.61 Å². The van der Waals surface area contributed by atoms with Crippen LogP contribution in [0.4, 0.5) is 18.9 Å². The highest BCUT2D eigenvalue weighted by Gasteiger charge is 2.20. The van der Waals surface area contributed by atoms with Crippen LogP contribution < -0.4 is 14.8 Å². The summed E-state index contributed by atoms with van der Waals surface area (Å²) >= 11 is 0. The van der Waals surface area contributed by atoms with Crippen LogP contribution in [-0.2, 0) is 10.0 Å². The zero-order chi connectivity index (χ0) is 19.3. The van der Waals surface area contributed by atoms with Gasteiger partial charge in [0.1, 0.15) is 11.6 Å². The summed E-state index contributed by atoms with van der Waals surface area (Å²) in [6, 6.07) is 8.06. The number of halogens is 3. The lowest BCUT2D eigenvalue weighted by molar-refractivity contribution is -0.0493. The quantitative estimate of drug-likeness (QED) is 0.764. The van der Waals surface area contributed by atoms with Gasteiger partial charge in [-0.05, 0) is 30.3 Å². The number of benzene rings is 2. The first-order valence-electron chi connectivity index (χ1n) is 7.39. The van der Waals surface area contributed by atoms with Gasteiger partial charge in [0.15, 0.2) is 0 Å². The van der Waals surface area contributed by atoms with Crippen LogP contribution in [0.25, 0.3) is 0 Å². The minimum Gasteiger partial charge on any atom is -0.433 e. The van der Waals surface area contributed by atoms with Gasteiger partial charge in [0.05, 0.1) is 16.1 Å². The molecule has 0 aromatic heterocycles. The number of alkyl halides is 2. The first kappa shape index (κ1) is 19.7. The number of carbonyl (C=O) groups excluding carboxylic acids is 1. The Bertz CT molecular complexity index is 904. The highest BCUT2D eigenvalue weighted by molar-refractivity contribution is 7.89. The van der Waals surface area contributed by atoms with Crippen LogP contribution in [-0.4, -0.2) is 27.5 Å². The smallest absolute Gasteiger partial charge is 0.387 e. The lowest BCUT2D eigenvalue weighted by Gasteiger charge is -2.12. The summed E-state index contributed by atoms with van der Waals surface area (Å²) in [5.41, 5.74) is -0.673. The lowest BCUT2D eigenvalue weighted by atomic mass is 10.2. The Morgan fingerprint density at radius 1 is 1.19 bits per heavy atom. The van der Waals surface area contributed by atoms with E-state index in [4.69, 9.17) is 0 Å². The summed E-state index contributed by atoms with van der Waals surface area (Å²) in [6.07, 6.45) is 0. The van der Waals surface area contributed by atoms with Gasteiger partial charge in [-0.15, -0.1) is 0 Å². The van der Waals surface area contributed by atoms with E-state index < -0.39 is 33.9 Å². The van der Waals surface area contributed by atoms with Crippen molar-refractivity contribution in [1.82, 2.24) is 4.72 Å². The molecule has 0 saturated heterocycles. The second kappa shape index (κ2) is 8.19. The summed E-state index contributed by atoms with van der Waals surface area (Å²) in [4.78, 5) is 12.0. The Hall–Kier alpha value is -2.59. The number of anilines is 1. The highest BCUT2D eigenvalue weighted by Crippen LogP contribution is 2.26. The number of hydrogen-bond donors (Lipinski definition) is 2. The van der Waals surface area contributed by atoms with Gasteiger partial charge in [0.25, 0.3) is 5.91 Å². The van der Waals surface area contributed by atoms with Crippen molar-refractivity contribution in [1.29, 1.82) is 0 Å². The van der Waals surface area contributed by atoms with E-state index in [0.29, 0.717) is 0 Å². The molecule has 2 N–H and O–H groups in total. The largest absolute Gasteiger partial charge is 0.433 e. The van der Waals surface area contributed by atoms with Crippen LogP contribution in [0.2, 0.25) is 0 Å². The van der Waals surface area contributed by atoms with Crippen LogP contribution in [0, 0.1) is 5.82 Å². The van der Waals surface area contributed by atoms with Gasteiger partial charge in [0, 0.05) is 6.54 Å². The van der Waals surface area contributed by atoms with E-state index in [1.165, 1.54) is 24.3 Å². The summed E-state index contributed by atoms with van der Waals surface area (Å²) in [7, 11) is -3.90. The molecule has 26 heavy (non-hydrogen) atoms. The molecule has 0 atom stereocenters. The Morgan fingerprint density at radius 2 is 1.88 bits per heavy atom. The second-order valence-corrected chi connectivity index (χ2v) is 6.74. The zero-order valence-corrected chi connectivity index (χ0v) is 14.3. The van der Waals surface area contributed by atoms with Crippen LogP contribution in [0.1, 0.15) is 17.3 Å². The predicted octanol–water partition coefficient (Wildman–Crippen LogP) is 2.98. The van der Waals surface area contributed by atoms with Crippen LogP contribution >= 0.6 is 0 Å². The van der Waals surface area contributed by atoms with E-state index in [2.05, 4.69) is 14.8 Å². The van der Waals surface area contributed by atoms with Crippen molar-refractivity contribution < 1.29 is 31.1 Å². The van der Waals surface area contributed by atoms with Gasteiger partial charge in [-0.2, -0.15) is 8.78 Å². The first-order valence-corrected chi connectivity index (χ1v) is 8.87. The van der Waals surface area contributed by atoms with Crippen molar-refractivity contribution in [3.63, 3.8) is 0 Å². The number of hydrogen-bond acceptors (Lipinski definition) is 4. The van der Waals surface area contributed by atoms with Gasteiger partial charge in [-0.1, -0.05) is 19.1 Å². The molecule has 1 amide bonds. The fraction of sp³-hybridized carbons (Fsp3) is 0.188. The molecule has 2 aromatic carbocycles. The third kappa shape index (κ3) is 4.73. The lowest BCUT2D eigenvalue weighted by Crippen LogP contribution is -2.24. The molecule has 0 spiro atoms. The number of carbonyl (C=O) groups is 1. The Morgan fingerprint density at radius 3 is 2.54 bits per heavy atom. The van der Waals surface area contributed by atoms with Gasteiger partial charge < -0.3 is 10.1 Å². The van der Waals surface area contributed by atoms with Crippen molar-refractivity contribution in [3.8, 4) is 5.75 Å². The normalized spacial score (nSPS) is 11.4. The molecule has 2 aromatic rings. The number of ether oxygens (including phenoxy) is 1. The molecule has 0 bridgehead atoms. The molecular weight excluding hydrogens is 373 g/mol. The Labute approximate surface area is 148 Å². The number of amides is 1. The van der Waals surface area contributed by atoms with Crippen LogP contribution in [0.5, 0.6) is 5.75 Å². The molecule has 0 aliphatic heterocycles. The van der Waals surface area contributed by atoms with E-state index in [9.17, 15) is 26.4 Å². The molecular formula is C16H15F3N2O4S. The fourth-order valence-electron chi connectivity index (χ4n) is 2.08. The van der Waals surface area contributed by atoms with E-state index >= 15 is 0 Å². The van der Waals surface area contributed by atoms with E-state index in [1.807, 2.05) is 0 Å². The van der Waals surface area contributed by atoms with Crippen molar-refractivity contribution in [2.75, 3.05) is 11.9 Å².